The van der Waals surface area contributed by atoms with Gasteiger partial charge < -0.3 is 14.4 Å². The van der Waals surface area contributed by atoms with Crippen LogP contribution in [0.15, 0.2) is 0 Å². The average molecular weight is 417 g/mol. The van der Waals surface area contributed by atoms with Crippen LogP contribution in [0.2, 0.25) is 0 Å². The number of halogens is 1. The second kappa shape index (κ2) is 9.67. The molecule has 23 heavy (non-hydrogen) atoms. The molecular weight excluding hydrogens is 392 g/mol. The second-order valence-electron chi connectivity index (χ2n) is 5.80. The fraction of sp³-hybridized carbons (Fsp3) is 0.923. The van der Waals surface area contributed by atoms with Crippen molar-refractivity contribution >= 4 is 32.7 Å². The molecule has 1 aliphatic rings. The fourth-order valence-electron chi connectivity index (χ4n) is 2.35. The number of carbonyl (C=O) groups is 1. The summed E-state index contributed by atoms with van der Waals surface area (Å²) in [7, 11) is -3.11. The van der Waals surface area contributed by atoms with Crippen molar-refractivity contribution in [2.75, 3.05) is 33.0 Å². The molecule has 0 N–H and O–H groups in total. The molecule has 136 valence electrons. The van der Waals surface area contributed by atoms with Crippen LogP contribution in [0.1, 0.15) is 34.6 Å². The molecule has 0 spiro atoms. The summed E-state index contributed by atoms with van der Waals surface area (Å²) in [6, 6.07) is 0. The summed E-state index contributed by atoms with van der Waals surface area (Å²) in [6.45, 7) is 12.8. The van der Waals surface area contributed by atoms with Gasteiger partial charge >= 0.3 is 10.6 Å². The van der Waals surface area contributed by atoms with E-state index in [4.69, 9.17) is 22.1 Å². The van der Waals surface area contributed by atoms with Gasteiger partial charge in [-0.2, -0.15) is 0 Å². The van der Waals surface area contributed by atoms with Crippen molar-refractivity contribution in [1.82, 2.24) is 8.83 Å². The van der Waals surface area contributed by atoms with Crippen LogP contribution < -0.4 is 0 Å². The number of nitrogens with zero attached hydrogens (tertiary/aromatic N) is 2. The Bertz CT molecular complexity index is 487. The molecule has 1 saturated heterocycles. The van der Waals surface area contributed by atoms with Gasteiger partial charge in [0.2, 0.25) is 5.91 Å². The predicted octanol–water partition coefficient (Wildman–Crippen LogP) is 1.00. The first kappa shape index (κ1) is 22.4. The quantitative estimate of drug-likeness (QED) is 0.451. The van der Waals surface area contributed by atoms with Gasteiger partial charge in [0.1, 0.15) is 11.2 Å². The lowest BCUT2D eigenvalue weighted by atomic mass is 10.1. The summed E-state index contributed by atoms with van der Waals surface area (Å²) in [6.07, 6.45) is 0. The number of hydrogen-bond acceptors (Lipinski definition) is 7. The van der Waals surface area contributed by atoms with Crippen LogP contribution in [0.3, 0.4) is 0 Å². The highest BCUT2D eigenvalue weighted by atomic mass is 79.9. The van der Waals surface area contributed by atoms with Crippen molar-refractivity contribution < 1.29 is 26.9 Å². The molecule has 10 heteroatoms. The summed E-state index contributed by atoms with van der Waals surface area (Å²) in [5.74, 6) is 0.114. The van der Waals surface area contributed by atoms with Crippen molar-refractivity contribution in [3.8, 4) is 0 Å². The minimum absolute atomic E-state index is 0.114. The molecule has 0 radical (unpaired) electrons. The largest absolute Gasteiger partial charge is 0.425 e. The molecule has 0 unspecified atom stereocenters. The molecule has 0 atom stereocenters. The predicted molar refractivity (Wildman–Crippen MR) is 87.6 cm³/mol. The van der Waals surface area contributed by atoms with Crippen molar-refractivity contribution in [2.45, 2.75) is 45.8 Å². The Morgan fingerprint density at radius 1 is 1.04 bits per heavy atom. The number of rotatable bonds is 7. The number of amides is 1. The van der Waals surface area contributed by atoms with Gasteiger partial charge in [-0.25, -0.2) is 3.93 Å². The van der Waals surface area contributed by atoms with Crippen LogP contribution in [0, 0.1) is 0 Å². The smallest absolute Gasteiger partial charge is 0.379 e. The summed E-state index contributed by atoms with van der Waals surface area (Å²) >= 11 is 3.52. The first-order valence-corrected chi connectivity index (χ1v) is 8.90. The van der Waals surface area contributed by atoms with Crippen LogP contribution in [0.5, 0.6) is 0 Å². The van der Waals surface area contributed by atoms with Crippen LogP contribution in [0.25, 0.3) is 0 Å². The summed E-state index contributed by atoms with van der Waals surface area (Å²) < 4.78 is 37.9. The molecule has 1 aliphatic heterocycles. The van der Waals surface area contributed by atoms with E-state index in [1.165, 1.54) is 0 Å². The lowest BCUT2D eigenvalue weighted by molar-refractivity contribution is -0.134. The maximum absolute atomic E-state index is 12.4. The normalized spacial score (nSPS) is 19.4. The lowest BCUT2D eigenvalue weighted by Gasteiger charge is -2.35. The van der Waals surface area contributed by atoms with E-state index in [0.29, 0.717) is 33.0 Å². The molecule has 0 aromatic carbocycles. The zero-order valence-corrected chi connectivity index (χ0v) is 16.6. The van der Waals surface area contributed by atoms with E-state index in [0.717, 1.165) is 0 Å². The Balaban J connectivity index is 0.00000108. The molecule has 1 rings (SSSR count). The third-order valence-corrected chi connectivity index (χ3v) is 5.19. The van der Waals surface area contributed by atoms with Gasteiger partial charge in [-0.15, -0.1) is 12.6 Å². The summed E-state index contributed by atoms with van der Waals surface area (Å²) in [5.41, 5.74) is -0.890. The fourth-order valence-corrected chi connectivity index (χ4v) is 2.69. The van der Waals surface area contributed by atoms with Gasteiger partial charge in [0.25, 0.3) is 0 Å². The molecule has 0 aromatic rings. The van der Waals surface area contributed by atoms with E-state index in [1.807, 2.05) is 43.4 Å². The van der Waals surface area contributed by atoms with E-state index in [9.17, 15) is 4.79 Å². The van der Waals surface area contributed by atoms with Crippen LogP contribution in [0.4, 0.5) is 0 Å². The molecule has 0 bridgehead atoms. The Morgan fingerprint density at radius 2 is 1.52 bits per heavy atom. The van der Waals surface area contributed by atoms with E-state index in [-0.39, 0.29) is 11.6 Å². The highest BCUT2D eigenvalue weighted by molar-refractivity contribution is 9.07. The van der Waals surface area contributed by atoms with E-state index in [2.05, 4.69) is 16.1 Å². The van der Waals surface area contributed by atoms with Crippen LogP contribution in [-0.4, -0.2) is 71.5 Å². The SMILES string of the molecule is CCOCCOCCN1C(=O)C(C)(C)N(Br)C1(C)C.O=S(=O)=O. The number of ether oxygens (including phenoxy) is 2. The highest BCUT2D eigenvalue weighted by Gasteiger charge is 2.55. The third kappa shape index (κ3) is 6.46. The van der Waals surface area contributed by atoms with Gasteiger partial charge in [0.05, 0.1) is 19.8 Å². The topological polar surface area (TPSA) is 93.2 Å². The van der Waals surface area contributed by atoms with Crippen LogP contribution >= 0.6 is 16.1 Å². The summed E-state index contributed by atoms with van der Waals surface area (Å²) in [5, 5.41) is 0. The Hall–Kier alpha value is -0.550. The van der Waals surface area contributed by atoms with Gasteiger partial charge in [0, 0.05) is 29.3 Å². The average Bonchev–Trinajstić information content (AvgIpc) is 2.54. The third-order valence-electron chi connectivity index (χ3n) is 3.44. The van der Waals surface area contributed by atoms with Crippen molar-refractivity contribution in [1.29, 1.82) is 0 Å². The first-order chi connectivity index (χ1) is 10.5. The minimum Gasteiger partial charge on any atom is -0.379 e. The van der Waals surface area contributed by atoms with Gasteiger partial charge in [-0.3, -0.25) is 4.79 Å². The molecule has 1 fully saturated rings. The zero-order valence-electron chi connectivity index (χ0n) is 14.2. The minimum atomic E-state index is -3.11. The van der Waals surface area contributed by atoms with Gasteiger partial charge in [-0.1, -0.05) is 0 Å². The molecule has 1 heterocycles. The van der Waals surface area contributed by atoms with Crippen LogP contribution in [-0.2, 0) is 24.9 Å². The van der Waals surface area contributed by atoms with Gasteiger partial charge in [0.15, 0.2) is 0 Å². The molecule has 0 saturated carbocycles. The Labute approximate surface area is 147 Å². The van der Waals surface area contributed by atoms with E-state index < -0.39 is 16.1 Å². The van der Waals surface area contributed by atoms with Crippen molar-refractivity contribution in [3.05, 3.63) is 0 Å². The standard InChI is InChI=1S/C13H25BrN2O3.O3S/c1-6-18-9-10-19-8-7-15-11(17)12(2,3)16(14)13(15,4)5;1-4(2)3/h6-10H2,1-5H3;. The molecular formula is C13H25BrN2O6S. The number of carbonyl (C=O) groups excluding carboxylic acids is 1. The maximum Gasteiger partial charge on any atom is 0.425 e. The molecule has 8 nitrogen and oxygen atoms in total. The second-order valence-corrected chi connectivity index (χ2v) is 6.92. The van der Waals surface area contributed by atoms with E-state index in [1.54, 1.807) is 0 Å². The maximum atomic E-state index is 12.4. The first-order valence-electron chi connectivity index (χ1n) is 7.20. The van der Waals surface area contributed by atoms with Gasteiger partial charge in [-0.05, 0) is 34.6 Å². The van der Waals surface area contributed by atoms with Crippen molar-refractivity contribution in [2.24, 2.45) is 0 Å². The van der Waals surface area contributed by atoms with E-state index >= 15 is 0 Å². The zero-order chi connectivity index (χ0) is 18.3. The molecule has 0 aliphatic carbocycles. The monoisotopic (exact) mass is 416 g/mol. The Kier molecular flexibility index (Phi) is 9.44. The number of hydrogen-bond donors (Lipinski definition) is 0. The summed E-state index contributed by atoms with van der Waals surface area (Å²) in [4.78, 5) is 14.2. The molecule has 0 aromatic heterocycles. The highest BCUT2D eigenvalue weighted by Crippen LogP contribution is 2.40. The Morgan fingerprint density at radius 3 is 1.91 bits per heavy atom. The lowest BCUT2D eigenvalue weighted by Crippen LogP contribution is -2.47. The molecule has 1 amide bonds. The van der Waals surface area contributed by atoms with Crippen molar-refractivity contribution in [3.63, 3.8) is 0 Å².